The molecular formula is C30H50O2. The molecule has 0 radical (unpaired) electrons. The molecule has 0 saturated heterocycles. The summed E-state index contributed by atoms with van der Waals surface area (Å²) in [6, 6.07) is 0. The Kier molecular flexibility index (Phi) is 5.19. The number of fused-ring (bicyclic) bond motifs is 7. The van der Waals surface area contributed by atoms with E-state index in [4.69, 9.17) is 0 Å². The molecule has 0 bridgehead atoms. The van der Waals surface area contributed by atoms with Crippen molar-refractivity contribution in [2.75, 3.05) is 6.61 Å². The molecule has 5 rings (SSSR count). The first-order valence-corrected chi connectivity index (χ1v) is 13.8. The van der Waals surface area contributed by atoms with Crippen molar-refractivity contribution in [3.05, 3.63) is 12.2 Å². The Bertz CT molecular complexity index is 786. The third-order valence-electron chi connectivity index (χ3n) is 13.5. The molecule has 5 fully saturated rings. The quantitative estimate of drug-likeness (QED) is 0.452. The van der Waals surface area contributed by atoms with Gasteiger partial charge in [-0.2, -0.15) is 0 Å². The number of hydrogen-bond acceptors (Lipinski definition) is 2. The zero-order chi connectivity index (χ0) is 23.3. The maximum atomic E-state index is 10.9. The highest BCUT2D eigenvalue weighted by Crippen LogP contribution is 2.77. The van der Waals surface area contributed by atoms with Crippen LogP contribution in [0.15, 0.2) is 12.2 Å². The van der Waals surface area contributed by atoms with Gasteiger partial charge in [-0.15, -0.1) is 0 Å². The summed E-state index contributed by atoms with van der Waals surface area (Å²) >= 11 is 0. The minimum Gasteiger partial charge on any atom is -0.396 e. The molecule has 0 spiro atoms. The predicted molar refractivity (Wildman–Crippen MR) is 132 cm³/mol. The summed E-state index contributed by atoms with van der Waals surface area (Å²) < 4.78 is 0. The summed E-state index contributed by atoms with van der Waals surface area (Å²) in [7, 11) is 0. The first-order valence-electron chi connectivity index (χ1n) is 13.8. The second-order valence-corrected chi connectivity index (χ2v) is 14.6. The SMILES string of the molecule is C=C(C)[C@@H]1CC[C@]2(CO)CC[C@]3(C)[C@H](CCC4[C@@]5(C)CCC(O)C(C)(C)C5CC[C@]43C)C12. The van der Waals surface area contributed by atoms with Crippen LogP contribution in [0.3, 0.4) is 0 Å². The van der Waals surface area contributed by atoms with Crippen LogP contribution in [0.25, 0.3) is 0 Å². The lowest BCUT2D eigenvalue weighted by Gasteiger charge is -2.73. The van der Waals surface area contributed by atoms with E-state index in [0.29, 0.717) is 40.6 Å². The van der Waals surface area contributed by atoms with Gasteiger partial charge in [0, 0.05) is 6.61 Å². The Balaban J connectivity index is 1.55. The molecule has 0 aromatic rings. The Hall–Kier alpha value is -0.340. The fraction of sp³-hybridized carbons (Fsp3) is 0.933. The van der Waals surface area contributed by atoms with E-state index in [1.807, 2.05) is 0 Å². The summed E-state index contributed by atoms with van der Waals surface area (Å²) in [5.74, 6) is 3.33. The smallest absolute Gasteiger partial charge is 0.0594 e. The number of aliphatic hydroxyl groups excluding tert-OH is 2. The standard InChI is InChI=1S/C30H50O2/c1-19(2)20-10-15-30(18-31)17-16-28(6)21(25(20)30)8-9-23-27(5)13-12-24(32)26(3,4)22(27)11-14-29(23,28)7/h20-25,31-32H,1,8-18H2,2-7H3/t20-,21+,22?,23?,24?,25?,27-,28+,29+,30+/m0/s1. The average Bonchev–Trinajstić information content (AvgIpc) is 3.12. The lowest BCUT2D eigenvalue weighted by molar-refractivity contribution is -0.249. The number of allylic oxidation sites excluding steroid dienone is 1. The molecule has 2 nitrogen and oxygen atoms in total. The molecule has 0 heterocycles. The first-order chi connectivity index (χ1) is 14.9. The highest BCUT2D eigenvalue weighted by molar-refractivity contribution is 5.21. The van der Waals surface area contributed by atoms with Crippen LogP contribution in [0.4, 0.5) is 0 Å². The Morgan fingerprint density at radius 2 is 1.53 bits per heavy atom. The van der Waals surface area contributed by atoms with Crippen molar-refractivity contribution < 1.29 is 10.2 Å². The van der Waals surface area contributed by atoms with E-state index in [0.717, 1.165) is 18.3 Å². The van der Waals surface area contributed by atoms with Crippen LogP contribution >= 0.6 is 0 Å². The monoisotopic (exact) mass is 442 g/mol. The Labute approximate surface area is 197 Å². The van der Waals surface area contributed by atoms with Gasteiger partial charge in [-0.3, -0.25) is 0 Å². The van der Waals surface area contributed by atoms with E-state index >= 15 is 0 Å². The first kappa shape index (κ1) is 23.4. The second-order valence-electron chi connectivity index (χ2n) is 14.6. The second kappa shape index (κ2) is 7.09. The van der Waals surface area contributed by atoms with E-state index in [-0.39, 0.29) is 16.9 Å². The van der Waals surface area contributed by atoms with E-state index in [1.165, 1.54) is 63.4 Å². The van der Waals surface area contributed by atoms with Gasteiger partial charge in [0.25, 0.3) is 0 Å². The summed E-state index contributed by atoms with van der Waals surface area (Å²) in [6.45, 7) is 19.7. The average molecular weight is 443 g/mol. The zero-order valence-corrected chi connectivity index (χ0v) is 21.8. The third kappa shape index (κ3) is 2.66. The predicted octanol–water partition coefficient (Wildman–Crippen LogP) is 7.00. The van der Waals surface area contributed by atoms with Crippen molar-refractivity contribution in [1.29, 1.82) is 0 Å². The van der Waals surface area contributed by atoms with Gasteiger partial charge in [0.2, 0.25) is 0 Å². The maximum Gasteiger partial charge on any atom is 0.0594 e. The van der Waals surface area contributed by atoms with E-state index in [2.05, 4.69) is 48.1 Å². The summed E-state index contributed by atoms with van der Waals surface area (Å²) in [5, 5.41) is 21.5. The number of hydrogen-bond donors (Lipinski definition) is 2. The van der Waals surface area contributed by atoms with Crippen molar-refractivity contribution in [2.24, 2.45) is 56.7 Å². The van der Waals surface area contributed by atoms with Crippen LogP contribution in [-0.4, -0.2) is 22.9 Å². The van der Waals surface area contributed by atoms with E-state index in [9.17, 15) is 10.2 Å². The van der Waals surface area contributed by atoms with Gasteiger partial charge in [-0.05, 0) is 128 Å². The summed E-state index contributed by atoms with van der Waals surface area (Å²) in [6.07, 6.45) is 12.2. The van der Waals surface area contributed by atoms with Crippen LogP contribution in [0.5, 0.6) is 0 Å². The summed E-state index contributed by atoms with van der Waals surface area (Å²) in [5.41, 5.74) is 2.60. The van der Waals surface area contributed by atoms with Gasteiger partial charge in [-0.1, -0.05) is 46.8 Å². The fourth-order valence-electron chi connectivity index (χ4n) is 11.5. The molecule has 10 atom stereocenters. The zero-order valence-electron chi connectivity index (χ0n) is 21.8. The maximum absolute atomic E-state index is 10.9. The highest BCUT2D eigenvalue weighted by atomic mass is 16.3. The van der Waals surface area contributed by atoms with Crippen LogP contribution in [0, 0.1) is 56.7 Å². The molecule has 0 amide bonds. The molecule has 0 aromatic carbocycles. The molecule has 5 aliphatic rings. The Morgan fingerprint density at radius 3 is 2.19 bits per heavy atom. The third-order valence-corrected chi connectivity index (χ3v) is 13.5. The van der Waals surface area contributed by atoms with Crippen molar-refractivity contribution >= 4 is 0 Å². The minimum atomic E-state index is -0.147. The van der Waals surface area contributed by atoms with Gasteiger partial charge < -0.3 is 10.2 Å². The van der Waals surface area contributed by atoms with Crippen LogP contribution in [-0.2, 0) is 0 Å². The molecule has 0 aliphatic heterocycles. The summed E-state index contributed by atoms with van der Waals surface area (Å²) in [4.78, 5) is 0. The lowest BCUT2D eigenvalue weighted by Crippen LogP contribution is -2.66. The number of rotatable bonds is 2. The van der Waals surface area contributed by atoms with Crippen LogP contribution < -0.4 is 0 Å². The topological polar surface area (TPSA) is 40.5 Å². The highest BCUT2D eigenvalue weighted by Gasteiger charge is 2.70. The normalized spacial score (nSPS) is 56.5. The van der Waals surface area contributed by atoms with Gasteiger partial charge in [0.15, 0.2) is 0 Å². The van der Waals surface area contributed by atoms with Gasteiger partial charge >= 0.3 is 0 Å². The van der Waals surface area contributed by atoms with Crippen molar-refractivity contribution in [3.63, 3.8) is 0 Å². The molecule has 2 heteroatoms. The Morgan fingerprint density at radius 1 is 0.812 bits per heavy atom. The van der Waals surface area contributed by atoms with Gasteiger partial charge in [0.1, 0.15) is 0 Å². The van der Waals surface area contributed by atoms with Gasteiger partial charge in [-0.25, -0.2) is 0 Å². The van der Waals surface area contributed by atoms with Crippen molar-refractivity contribution in [1.82, 2.24) is 0 Å². The van der Waals surface area contributed by atoms with Crippen LogP contribution in [0.1, 0.15) is 106 Å². The molecule has 2 N–H and O–H groups in total. The number of aliphatic hydroxyl groups is 2. The lowest BCUT2D eigenvalue weighted by atomic mass is 9.32. The molecule has 4 unspecified atom stereocenters. The fourth-order valence-corrected chi connectivity index (χ4v) is 11.5. The largest absolute Gasteiger partial charge is 0.396 e. The molecule has 182 valence electrons. The van der Waals surface area contributed by atoms with E-state index in [1.54, 1.807) is 0 Å². The molecule has 5 aliphatic carbocycles. The molecular weight excluding hydrogens is 392 g/mol. The molecule has 5 saturated carbocycles. The van der Waals surface area contributed by atoms with E-state index < -0.39 is 0 Å². The molecule has 32 heavy (non-hydrogen) atoms. The van der Waals surface area contributed by atoms with Crippen LogP contribution in [0.2, 0.25) is 0 Å². The van der Waals surface area contributed by atoms with Crippen molar-refractivity contribution in [3.8, 4) is 0 Å². The van der Waals surface area contributed by atoms with Gasteiger partial charge in [0.05, 0.1) is 6.10 Å². The molecule has 0 aromatic heterocycles. The van der Waals surface area contributed by atoms with Crippen molar-refractivity contribution in [2.45, 2.75) is 112 Å². The minimum absolute atomic E-state index is 0.0290.